The molecule has 1 rings (SSSR count). The molecule has 0 aliphatic heterocycles. The molecule has 0 saturated carbocycles. The van der Waals surface area contributed by atoms with E-state index >= 15 is 0 Å². The third kappa shape index (κ3) is 11.2. The van der Waals surface area contributed by atoms with Crippen LogP contribution in [0.3, 0.4) is 0 Å². The van der Waals surface area contributed by atoms with Crippen LogP contribution in [0.5, 0.6) is 11.5 Å². The normalized spacial score (nSPS) is 11.1. The van der Waals surface area contributed by atoms with Gasteiger partial charge in [0.25, 0.3) is 0 Å². The van der Waals surface area contributed by atoms with E-state index < -0.39 is 6.61 Å². The Hall–Kier alpha value is -1.36. The van der Waals surface area contributed by atoms with Gasteiger partial charge in [-0.1, -0.05) is 19.4 Å². The molecule has 0 aromatic heterocycles. The van der Waals surface area contributed by atoms with Gasteiger partial charge < -0.3 is 24.8 Å². The Morgan fingerprint density at radius 3 is 2.52 bits per heavy atom. The topological polar surface area (TPSA) is 64.1 Å². The number of rotatable bonds is 12. The molecule has 0 atom stereocenters. The predicted octanol–water partition coefficient (Wildman–Crippen LogP) is 3.79. The van der Waals surface area contributed by atoms with Crippen molar-refractivity contribution in [3.05, 3.63) is 23.8 Å². The zero-order chi connectivity index (χ0) is 19.2. The Balaban J connectivity index is 0.00000676. The molecule has 156 valence electrons. The lowest BCUT2D eigenvalue weighted by molar-refractivity contribution is -0.0512. The number of nitrogens with one attached hydrogen (secondary N) is 2. The summed E-state index contributed by atoms with van der Waals surface area (Å²) in [7, 11) is 3.08. The molecule has 0 radical (unpaired) electrons. The average Bonchev–Trinajstić information content (AvgIpc) is 2.63. The maximum atomic E-state index is 12.5. The molecule has 6 nitrogen and oxygen atoms in total. The fourth-order valence-corrected chi connectivity index (χ4v) is 2.16. The van der Waals surface area contributed by atoms with E-state index in [1.807, 2.05) is 0 Å². The third-order valence-corrected chi connectivity index (χ3v) is 3.53. The number of ether oxygens (including phenoxy) is 3. The van der Waals surface area contributed by atoms with E-state index in [2.05, 4.69) is 27.3 Å². The fraction of sp³-hybridized carbons (Fsp3) is 0.611. The van der Waals surface area contributed by atoms with Crippen molar-refractivity contribution in [2.75, 3.05) is 33.9 Å². The molecule has 0 aliphatic carbocycles. The molecule has 0 spiro atoms. The zero-order valence-corrected chi connectivity index (χ0v) is 18.4. The van der Waals surface area contributed by atoms with Crippen LogP contribution in [0.25, 0.3) is 0 Å². The molecular formula is C18H30F2IN3O3. The Kier molecular flexibility index (Phi) is 14.9. The molecular weight excluding hydrogens is 471 g/mol. The van der Waals surface area contributed by atoms with Crippen molar-refractivity contribution in [2.45, 2.75) is 39.3 Å². The predicted molar refractivity (Wildman–Crippen MR) is 114 cm³/mol. The molecule has 0 fully saturated rings. The zero-order valence-electron chi connectivity index (χ0n) is 16.1. The minimum Gasteiger partial charge on any atom is -0.493 e. The highest BCUT2D eigenvalue weighted by Crippen LogP contribution is 2.29. The highest BCUT2D eigenvalue weighted by Gasteiger charge is 2.11. The summed E-state index contributed by atoms with van der Waals surface area (Å²) in [6.45, 7) is 1.87. The van der Waals surface area contributed by atoms with E-state index in [1.54, 1.807) is 19.2 Å². The number of hydrogen-bond donors (Lipinski definition) is 2. The van der Waals surface area contributed by atoms with Gasteiger partial charge in [0.2, 0.25) is 0 Å². The molecule has 2 N–H and O–H groups in total. The van der Waals surface area contributed by atoms with Crippen molar-refractivity contribution in [1.82, 2.24) is 10.6 Å². The lowest BCUT2D eigenvalue weighted by atomic mass is 10.2. The first-order valence-corrected chi connectivity index (χ1v) is 8.74. The van der Waals surface area contributed by atoms with E-state index in [-0.39, 0.29) is 35.5 Å². The van der Waals surface area contributed by atoms with Crippen LogP contribution in [0.2, 0.25) is 0 Å². The second-order valence-electron chi connectivity index (χ2n) is 5.54. The fourth-order valence-electron chi connectivity index (χ4n) is 2.16. The Morgan fingerprint density at radius 1 is 1.15 bits per heavy atom. The van der Waals surface area contributed by atoms with Crippen LogP contribution in [0, 0.1) is 0 Å². The highest BCUT2D eigenvalue weighted by atomic mass is 127. The summed E-state index contributed by atoms with van der Waals surface area (Å²) in [6.07, 6.45) is 3.08. The van der Waals surface area contributed by atoms with Crippen LogP contribution >= 0.6 is 24.0 Å². The largest absolute Gasteiger partial charge is 0.493 e. The molecule has 0 amide bonds. The Labute approximate surface area is 177 Å². The molecule has 0 heterocycles. The van der Waals surface area contributed by atoms with Gasteiger partial charge in [-0.3, -0.25) is 4.99 Å². The number of unbranched alkanes of at least 4 members (excludes halogenated alkanes) is 1. The van der Waals surface area contributed by atoms with Gasteiger partial charge in [-0.05, 0) is 30.5 Å². The van der Waals surface area contributed by atoms with Crippen LogP contribution < -0.4 is 20.1 Å². The number of aliphatic imine (C=N–C) groups is 1. The number of guanidine groups is 1. The summed E-state index contributed by atoms with van der Waals surface area (Å²) in [6, 6.07) is 4.89. The summed E-state index contributed by atoms with van der Waals surface area (Å²) in [5.74, 6) is 0.902. The van der Waals surface area contributed by atoms with E-state index in [4.69, 9.17) is 9.47 Å². The number of halogens is 3. The molecule has 1 aromatic carbocycles. The minimum atomic E-state index is -2.90. The van der Waals surface area contributed by atoms with Gasteiger partial charge in [-0.15, -0.1) is 24.0 Å². The van der Waals surface area contributed by atoms with Gasteiger partial charge in [0.15, 0.2) is 17.5 Å². The lowest BCUT2D eigenvalue weighted by Crippen LogP contribution is -2.37. The van der Waals surface area contributed by atoms with Crippen molar-refractivity contribution >= 4 is 29.9 Å². The minimum absolute atomic E-state index is 0. The molecule has 0 aliphatic rings. The number of alkyl halides is 2. The van der Waals surface area contributed by atoms with Crippen LogP contribution in [-0.2, 0) is 11.3 Å². The molecule has 27 heavy (non-hydrogen) atoms. The molecule has 0 bridgehead atoms. The van der Waals surface area contributed by atoms with Gasteiger partial charge >= 0.3 is 6.61 Å². The van der Waals surface area contributed by atoms with Crippen molar-refractivity contribution in [3.63, 3.8) is 0 Å². The summed E-state index contributed by atoms with van der Waals surface area (Å²) < 4.78 is 40.0. The van der Waals surface area contributed by atoms with Crippen LogP contribution in [-0.4, -0.2) is 46.5 Å². The van der Waals surface area contributed by atoms with Gasteiger partial charge in [0, 0.05) is 33.4 Å². The van der Waals surface area contributed by atoms with E-state index in [0.29, 0.717) is 19.1 Å². The standard InChI is InChI=1S/C18H29F2N3O3.HI/c1-4-5-10-25-11-6-9-22-18(21-2)23-13-14-7-8-15(24-3)16(12-14)26-17(19)20;/h7-8,12,17H,4-6,9-11,13H2,1-3H3,(H2,21,22,23);1H. The van der Waals surface area contributed by atoms with E-state index in [9.17, 15) is 8.78 Å². The molecule has 0 saturated heterocycles. The summed E-state index contributed by atoms with van der Waals surface area (Å²) in [5, 5.41) is 6.31. The Morgan fingerprint density at radius 2 is 1.89 bits per heavy atom. The van der Waals surface area contributed by atoms with Gasteiger partial charge in [0.05, 0.1) is 7.11 Å². The van der Waals surface area contributed by atoms with Gasteiger partial charge in [-0.2, -0.15) is 8.78 Å². The van der Waals surface area contributed by atoms with Crippen molar-refractivity contribution in [3.8, 4) is 11.5 Å². The first kappa shape index (κ1) is 25.6. The first-order valence-electron chi connectivity index (χ1n) is 8.74. The number of benzene rings is 1. The first-order chi connectivity index (χ1) is 12.6. The van der Waals surface area contributed by atoms with Crippen molar-refractivity contribution in [2.24, 2.45) is 4.99 Å². The smallest absolute Gasteiger partial charge is 0.387 e. The second-order valence-corrected chi connectivity index (χ2v) is 5.54. The van der Waals surface area contributed by atoms with Gasteiger partial charge in [-0.25, -0.2) is 0 Å². The quantitative estimate of drug-likeness (QED) is 0.198. The van der Waals surface area contributed by atoms with Crippen LogP contribution in [0.1, 0.15) is 31.7 Å². The van der Waals surface area contributed by atoms with Crippen LogP contribution in [0.15, 0.2) is 23.2 Å². The summed E-state index contributed by atoms with van der Waals surface area (Å²) >= 11 is 0. The third-order valence-electron chi connectivity index (χ3n) is 3.53. The SMILES string of the molecule is CCCCOCCCNC(=NC)NCc1ccc(OC)c(OC(F)F)c1.I. The molecule has 1 aromatic rings. The van der Waals surface area contributed by atoms with Crippen LogP contribution in [0.4, 0.5) is 8.78 Å². The van der Waals surface area contributed by atoms with Crippen molar-refractivity contribution < 1.29 is 23.0 Å². The highest BCUT2D eigenvalue weighted by molar-refractivity contribution is 14.0. The van der Waals surface area contributed by atoms with E-state index in [1.165, 1.54) is 13.2 Å². The average molecular weight is 501 g/mol. The summed E-state index contributed by atoms with van der Waals surface area (Å²) in [4.78, 5) is 4.13. The number of hydrogen-bond acceptors (Lipinski definition) is 4. The van der Waals surface area contributed by atoms with E-state index in [0.717, 1.165) is 38.0 Å². The van der Waals surface area contributed by atoms with Crippen molar-refractivity contribution in [1.29, 1.82) is 0 Å². The maximum Gasteiger partial charge on any atom is 0.387 e. The lowest BCUT2D eigenvalue weighted by Gasteiger charge is -2.14. The maximum absolute atomic E-state index is 12.5. The summed E-state index contributed by atoms with van der Waals surface area (Å²) in [5.41, 5.74) is 0.771. The Bertz CT molecular complexity index is 549. The molecule has 0 unspecified atom stereocenters. The number of methoxy groups -OCH3 is 1. The number of nitrogens with zero attached hydrogens (tertiary/aromatic N) is 1. The monoisotopic (exact) mass is 501 g/mol. The van der Waals surface area contributed by atoms with Gasteiger partial charge in [0.1, 0.15) is 0 Å². The second kappa shape index (κ2) is 15.7. The molecule has 9 heteroatoms.